The predicted octanol–water partition coefficient (Wildman–Crippen LogP) is 3.25. The lowest BCUT2D eigenvalue weighted by molar-refractivity contribution is -0.156. The molecule has 0 aromatic carbocycles. The molecule has 1 amide bonds. The molecule has 0 aliphatic heterocycles. The molecule has 4 saturated carbocycles. The molecule has 4 aliphatic rings. The van der Waals surface area contributed by atoms with Crippen molar-refractivity contribution in [1.82, 2.24) is 29.9 Å². The van der Waals surface area contributed by atoms with Crippen LogP contribution in [0, 0.1) is 31.1 Å². The van der Waals surface area contributed by atoms with E-state index in [4.69, 9.17) is 11.6 Å². The first kappa shape index (κ1) is 19.1. The number of aryl methyl sites for hydroxylation is 3. The van der Waals surface area contributed by atoms with Crippen LogP contribution in [-0.2, 0) is 16.9 Å². The van der Waals surface area contributed by atoms with Gasteiger partial charge in [0.25, 0.3) is 0 Å². The Labute approximate surface area is 176 Å². The quantitative estimate of drug-likeness (QED) is 0.733. The van der Waals surface area contributed by atoms with E-state index in [1.54, 1.807) is 6.33 Å². The average molecular weight is 417 g/mol. The fraction of sp³-hybridized carbons (Fsp3) is 0.714. The van der Waals surface area contributed by atoms with Gasteiger partial charge in [0, 0.05) is 18.8 Å². The zero-order valence-corrected chi connectivity index (χ0v) is 18.0. The molecule has 2 aromatic rings. The number of amides is 1. The Morgan fingerprint density at radius 1 is 1.24 bits per heavy atom. The minimum absolute atomic E-state index is 0.0920. The maximum absolute atomic E-state index is 13.4. The Balaban J connectivity index is 1.26. The lowest BCUT2D eigenvalue weighted by Crippen LogP contribution is -2.61. The summed E-state index contributed by atoms with van der Waals surface area (Å²) in [6.45, 7) is 5.61. The second-order valence-corrected chi connectivity index (χ2v) is 10.0. The van der Waals surface area contributed by atoms with Crippen molar-refractivity contribution in [1.29, 1.82) is 0 Å². The molecule has 4 bridgehead atoms. The van der Waals surface area contributed by atoms with Crippen molar-refractivity contribution < 1.29 is 4.79 Å². The number of halogens is 1. The van der Waals surface area contributed by atoms with E-state index in [0.29, 0.717) is 23.7 Å². The van der Waals surface area contributed by atoms with Crippen LogP contribution < -0.4 is 5.32 Å². The topological polar surface area (TPSA) is 77.6 Å². The lowest BCUT2D eigenvalue weighted by atomic mass is 9.46. The largest absolute Gasteiger partial charge is 0.356 e. The number of hydrogen-bond donors (Lipinski definition) is 1. The number of rotatable bonds is 6. The molecule has 2 unspecified atom stereocenters. The van der Waals surface area contributed by atoms with E-state index in [1.807, 2.05) is 16.3 Å². The SMILES string of the molecule is Cc1cc(C)n(CCCNC(=O)C23CC4CC(C2)CC(n2cnc(Cl)n2)(C4)C3)n1. The van der Waals surface area contributed by atoms with Crippen LogP contribution in [0.2, 0.25) is 5.28 Å². The van der Waals surface area contributed by atoms with Crippen molar-refractivity contribution in [3.05, 3.63) is 29.1 Å². The number of nitrogens with one attached hydrogen (secondary N) is 1. The van der Waals surface area contributed by atoms with Crippen LogP contribution in [0.4, 0.5) is 0 Å². The van der Waals surface area contributed by atoms with E-state index in [-0.39, 0.29) is 16.9 Å². The number of aromatic nitrogens is 5. The zero-order valence-electron chi connectivity index (χ0n) is 17.2. The molecule has 2 heterocycles. The van der Waals surface area contributed by atoms with Gasteiger partial charge in [0.15, 0.2) is 0 Å². The number of nitrogens with zero attached hydrogens (tertiary/aromatic N) is 5. The standard InChI is InChI=1S/C21H29ClN6O/c1-14-6-15(2)27(25-14)5-3-4-23-18(29)20-8-16-7-17(9-20)11-21(10-16,12-20)28-13-24-19(22)26-28/h6,13,16-17H,3-5,7-12H2,1-2H3,(H,23,29). The van der Waals surface area contributed by atoms with Crippen molar-refractivity contribution >= 4 is 17.5 Å². The number of carbonyl (C=O) groups excluding carboxylic acids is 1. The molecule has 4 fully saturated rings. The van der Waals surface area contributed by atoms with Gasteiger partial charge < -0.3 is 5.32 Å². The monoisotopic (exact) mass is 416 g/mol. The summed E-state index contributed by atoms with van der Waals surface area (Å²) in [6, 6.07) is 2.09. The Morgan fingerprint density at radius 2 is 2.00 bits per heavy atom. The summed E-state index contributed by atoms with van der Waals surface area (Å²) in [7, 11) is 0. The summed E-state index contributed by atoms with van der Waals surface area (Å²) in [5.74, 6) is 1.43. The molecule has 156 valence electrons. The first-order valence-corrected chi connectivity index (χ1v) is 11.1. The Kier molecular flexibility index (Phi) is 4.49. The van der Waals surface area contributed by atoms with Crippen molar-refractivity contribution in [2.45, 2.75) is 70.9 Å². The molecule has 0 saturated heterocycles. The van der Waals surface area contributed by atoms with Crippen molar-refractivity contribution in [3.63, 3.8) is 0 Å². The smallest absolute Gasteiger partial charge is 0.242 e. The van der Waals surface area contributed by atoms with Crippen LogP contribution >= 0.6 is 11.6 Å². The highest BCUT2D eigenvalue weighted by molar-refractivity contribution is 6.28. The molecule has 29 heavy (non-hydrogen) atoms. The van der Waals surface area contributed by atoms with Gasteiger partial charge in [-0.1, -0.05) is 0 Å². The van der Waals surface area contributed by atoms with Gasteiger partial charge in [0.1, 0.15) is 6.33 Å². The van der Waals surface area contributed by atoms with Crippen LogP contribution in [0.5, 0.6) is 0 Å². The second-order valence-electron chi connectivity index (χ2n) is 9.68. The highest BCUT2D eigenvalue weighted by Gasteiger charge is 2.61. The van der Waals surface area contributed by atoms with Crippen molar-refractivity contribution in [2.24, 2.45) is 17.3 Å². The van der Waals surface area contributed by atoms with Gasteiger partial charge in [-0.2, -0.15) is 5.10 Å². The van der Waals surface area contributed by atoms with E-state index in [9.17, 15) is 4.79 Å². The summed E-state index contributed by atoms with van der Waals surface area (Å²) in [6.07, 6.45) is 8.96. The van der Waals surface area contributed by atoms with Gasteiger partial charge in [-0.25, -0.2) is 9.67 Å². The maximum Gasteiger partial charge on any atom is 0.242 e. The van der Waals surface area contributed by atoms with Gasteiger partial charge in [-0.3, -0.25) is 9.48 Å². The molecule has 6 rings (SSSR count). The Morgan fingerprint density at radius 3 is 2.62 bits per heavy atom. The molecular weight excluding hydrogens is 388 g/mol. The van der Waals surface area contributed by atoms with Gasteiger partial charge in [-0.15, -0.1) is 5.10 Å². The molecule has 8 heteroatoms. The third-order valence-electron chi connectivity index (χ3n) is 7.40. The summed E-state index contributed by atoms with van der Waals surface area (Å²) in [4.78, 5) is 17.5. The van der Waals surface area contributed by atoms with Crippen molar-refractivity contribution in [3.8, 4) is 0 Å². The molecule has 2 atom stereocenters. The Bertz CT molecular complexity index is 920. The first-order valence-electron chi connectivity index (χ1n) is 10.7. The summed E-state index contributed by atoms with van der Waals surface area (Å²) >= 11 is 6.02. The van der Waals surface area contributed by atoms with Crippen molar-refractivity contribution in [2.75, 3.05) is 6.54 Å². The van der Waals surface area contributed by atoms with Gasteiger partial charge >= 0.3 is 0 Å². The highest BCUT2D eigenvalue weighted by Crippen LogP contribution is 2.64. The summed E-state index contributed by atoms with van der Waals surface area (Å²) < 4.78 is 3.99. The molecule has 2 aromatic heterocycles. The van der Waals surface area contributed by atoms with Crippen LogP contribution in [-0.4, -0.2) is 37.0 Å². The van der Waals surface area contributed by atoms with E-state index in [2.05, 4.69) is 33.5 Å². The molecular formula is C21H29ClN6O. The normalized spacial score (nSPS) is 32.7. The van der Waals surface area contributed by atoms with Crippen LogP contribution in [0.1, 0.15) is 56.3 Å². The summed E-state index contributed by atoms with van der Waals surface area (Å²) in [5, 5.41) is 12.5. The third kappa shape index (κ3) is 3.27. The highest BCUT2D eigenvalue weighted by atomic mass is 35.5. The first-order chi connectivity index (χ1) is 13.9. The van der Waals surface area contributed by atoms with Gasteiger partial charge in [-0.05, 0) is 88.3 Å². The zero-order chi connectivity index (χ0) is 20.2. The van der Waals surface area contributed by atoms with Crippen LogP contribution in [0.15, 0.2) is 12.4 Å². The van der Waals surface area contributed by atoms with E-state index in [1.165, 1.54) is 12.1 Å². The molecule has 7 nitrogen and oxygen atoms in total. The lowest BCUT2D eigenvalue weighted by Gasteiger charge is -2.60. The third-order valence-corrected chi connectivity index (χ3v) is 7.57. The van der Waals surface area contributed by atoms with E-state index in [0.717, 1.165) is 50.8 Å². The van der Waals surface area contributed by atoms with Crippen LogP contribution in [0.3, 0.4) is 0 Å². The average Bonchev–Trinajstić information content (AvgIpc) is 3.23. The van der Waals surface area contributed by atoms with Gasteiger partial charge in [0.2, 0.25) is 11.2 Å². The fourth-order valence-electron chi connectivity index (χ4n) is 6.74. The molecule has 4 aliphatic carbocycles. The Hall–Kier alpha value is -1.89. The maximum atomic E-state index is 13.4. The minimum atomic E-state index is -0.263. The second kappa shape index (κ2) is 6.83. The predicted molar refractivity (Wildman–Crippen MR) is 109 cm³/mol. The summed E-state index contributed by atoms with van der Waals surface area (Å²) in [5.41, 5.74) is 1.85. The molecule has 1 N–H and O–H groups in total. The molecule has 0 radical (unpaired) electrons. The minimum Gasteiger partial charge on any atom is -0.356 e. The van der Waals surface area contributed by atoms with E-state index >= 15 is 0 Å². The number of hydrogen-bond acceptors (Lipinski definition) is 4. The molecule has 0 spiro atoms. The van der Waals surface area contributed by atoms with Gasteiger partial charge in [0.05, 0.1) is 16.6 Å². The number of carbonyl (C=O) groups is 1. The fourth-order valence-corrected chi connectivity index (χ4v) is 6.86. The van der Waals surface area contributed by atoms with E-state index < -0.39 is 0 Å². The van der Waals surface area contributed by atoms with Crippen LogP contribution in [0.25, 0.3) is 0 Å².